The largest absolute Gasteiger partial charge is 0.304 e. The molecule has 0 bridgehead atoms. The van der Waals surface area contributed by atoms with Crippen molar-refractivity contribution >= 4 is 27.5 Å². The van der Waals surface area contributed by atoms with E-state index < -0.39 is 14.9 Å². The van der Waals surface area contributed by atoms with Gasteiger partial charge in [0.15, 0.2) is 5.82 Å². The zero-order valence-corrected chi connectivity index (χ0v) is 18.3. The van der Waals surface area contributed by atoms with Gasteiger partial charge in [0.05, 0.1) is 14.7 Å². The molecule has 10 nitrogen and oxygen atoms in total. The number of sulfonamides is 1. The number of H-pyrrole nitrogens is 1. The van der Waals surface area contributed by atoms with Crippen LogP contribution in [0.25, 0.3) is 11.4 Å². The van der Waals surface area contributed by atoms with E-state index in [4.69, 9.17) is 0 Å². The molecule has 12 heteroatoms. The first-order chi connectivity index (χ1) is 14.8. The van der Waals surface area contributed by atoms with E-state index in [9.17, 15) is 18.5 Å². The Hall–Kier alpha value is -2.80. The monoisotopic (exact) mass is 460 g/mol. The number of nitrogens with zero attached hydrogens (tertiary/aromatic N) is 5. The van der Waals surface area contributed by atoms with Crippen LogP contribution in [0.1, 0.15) is 0 Å². The van der Waals surface area contributed by atoms with Crippen molar-refractivity contribution in [2.75, 3.05) is 33.2 Å². The van der Waals surface area contributed by atoms with Crippen LogP contribution in [0.3, 0.4) is 0 Å². The van der Waals surface area contributed by atoms with Gasteiger partial charge in [-0.15, -0.1) is 5.10 Å². The highest BCUT2D eigenvalue weighted by molar-refractivity contribution is 7.99. The number of aromatic nitrogens is 3. The fourth-order valence-electron chi connectivity index (χ4n) is 3.18. The van der Waals surface area contributed by atoms with Crippen molar-refractivity contribution in [3.63, 3.8) is 0 Å². The van der Waals surface area contributed by atoms with Gasteiger partial charge >= 0.3 is 0 Å². The highest BCUT2D eigenvalue weighted by Crippen LogP contribution is 2.35. The van der Waals surface area contributed by atoms with Crippen molar-refractivity contribution in [2.45, 2.75) is 14.9 Å². The molecule has 0 unspecified atom stereocenters. The fraction of sp³-hybridized carbons (Fsp3) is 0.263. The first-order valence-electron chi connectivity index (χ1n) is 9.47. The molecule has 1 aliphatic rings. The van der Waals surface area contributed by atoms with Crippen LogP contribution < -0.4 is 0 Å². The summed E-state index contributed by atoms with van der Waals surface area (Å²) in [7, 11) is -1.88. The molecule has 4 rings (SSSR count). The number of nitro groups is 1. The van der Waals surface area contributed by atoms with Crippen LogP contribution >= 0.6 is 11.8 Å². The Balaban J connectivity index is 1.60. The number of aromatic amines is 1. The van der Waals surface area contributed by atoms with Crippen LogP contribution in [-0.2, 0) is 10.0 Å². The van der Waals surface area contributed by atoms with Gasteiger partial charge in [-0.2, -0.15) is 4.31 Å². The number of piperazine rings is 1. The Morgan fingerprint density at radius 3 is 2.48 bits per heavy atom. The highest BCUT2D eigenvalue weighted by atomic mass is 32.2. The van der Waals surface area contributed by atoms with Crippen LogP contribution in [0, 0.1) is 10.1 Å². The Kier molecular flexibility index (Phi) is 6.05. The molecule has 31 heavy (non-hydrogen) atoms. The first-order valence-corrected chi connectivity index (χ1v) is 11.7. The standard InChI is InChI=1S/C19H20N6O4S2/c1-23-9-11-24(12-10-23)31(28,29)15-7-8-17(16(13-15)25(26)27)30-19-20-18(21-22-19)14-5-3-2-4-6-14/h2-8,13H,9-12H2,1H3,(H,20,21,22). The highest BCUT2D eigenvalue weighted by Gasteiger charge is 2.30. The van der Waals surface area contributed by atoms with Crippen LogP contribution in [0.2, 0.25) is 0 Å². The summed E-state index contributed by atoms with van der Waals surface area (Å²) in [6, 6.07) is 13.3. The van der Waals surface area contributed by atoms with Gasteiger partial charge in [0.25, 0.3) is 5.69 Å². The summed E-state index contributed by atoms with van der Waals surface area (Å²) in [4.78, 5) is 17.7. The Labute approximate surface area is 183 Å². The van der Waals surface area contributed by atoms with Gasteiger partial charge in [-0.05, 0) is 30.9 Å². The molecule has 2 heterocycles. The summed E-state index contributed by atoms with van der Waals surface area (Å²) in [6.07, 6.45) is 0. The molecule has 3 aromatic rings. The Morgan fingerprint density at radius 2 is 1.81 bits per heavy atom. The van der Waals surface area contributed by atoms with Crippen LogP contribution in [0.5, 0.6) is 0 Å². The maximum absolute atomic E-state index is 12.9. The van der Waals surface area contributed by atoms with Gasteiger partial charge in [-0.25, -0.2) is 13.4 Å². The average Bonchev–Trinajstić information content (AvgIpc) is 3.23. The Morgan fingerprint density at radius 1 is 1.10 bits per heavy atom. The normalized spacial score (nSPS) is 15.8. The second-order valence-electron chi connectivity index (χ2n) is 7.03. The molecule has 162 valence electrons. The van der Waals surface area contributed by atoms with Gasteiger partial charge in [-0.1, -0.05) is 30.3 Å². The van der Waals surface area contributed by atoms with E-state index in [0.29, 0.717) is 37.2 Å². The Bertz CT molecular complexity index is 1190. The molecular weight excluding hydrogens is 440 g/mol. The molecule has 1 fully saturated rings. The van der Waals surface area contributed by atoms with Crippen molar-refractivity contribution < 1.29 is 13.3 Å². The van der Waals surface area contributed by atoms with Gasteiger partial charge in [-0.3, -0.25) is 15.2 Å². The van der Waals surface area contributed by atoms with E-state index in [-0.39, 0.29) is 15.5 Å². The second kappa shape index (κ2) is 8.75. The minimum atomic E-state index is -3.81. The maximum Gasteiger partial charge on any atom is 0.284 e. The van der Waals surface area contributed by atoms with Gasteiger partial charge in [0, 0.05) is 37.8 Å². The third-order valence-corrected chi connectivity index (χ3v) is 7.77. The zero-order valence-electron chi connectivity index (χ0n) is 16.6. The lowest BCUT2D eigenvalue weighted by molar-refractivity contribution is -0.388. The summed E-state index contributed by atoms with van der Waals surface area (Å²) in [5.74, 6) is 0.542. The number of hydrogen-bond acceptors (Lipinski definition) is 8. The molecule has 0 radical (unpaired) electrons. The van der Waals surface area contributed by atoms with E-state index >= 15 is 0 Å². The lowest BCUT2D eigenvalue weighted by Gasteiger charge is -2.31. The van der Waals surface area contributed by atoms with Gasteiger partial charge in [0.2, 0.25) is 15.2 Å². The third-order valence-electron chi connectivity index (χ3n) is 4.94. The maximum atomic E-state index is 12.9. The van der Waals surface area contributed by atoms with E-state index in [1.807, 2.05) is 42.3 Å². The van der Waals surface area contributed by atoms with Crippen molar-refractivity contribution in [3.05, 3.63) is 58.6 Å². The third kappa shape index (κ3) is 4.61. The molecule has 0 saturated carbocycles. The zero-order chi connectivity index (χ0) is 22.0. The average molecular weight is 461 g/mol. The summed E-state index contributed by atoms with van der Waals surface area (Å²) in [5.41, 5.74) is 0.538. The van der Waals surface area contributed by atoms with Crippen LogP contribution in [0.15, 0.2) is 63.5 Å². The van der Waals surface area contributed by atoms with Crippen LogP contribution in [-0.4, -0.2) is 71.0 Å². The second-order valence-corrected chi connectivity index (χ2v) is 9.98. The topological polar surface area (TPSA) is 125 Å². The molecule has 2 aromatic carbocycles. The minimum absolute atomic E-state index is 0.0898. The molecule has 1 saturated heterocycles. The SMILES string of the molecule is CN1CCN(S(=O)(=O)c2ccc(Sc3n[nH]c(-c4ccccc4)n3)c([N+](=O)[O-])c2)CC1. The lowest BCUT2D eigenvalue weighted by atomic mass is 10.2. The van der Waals surface area contributed by atoms with E-state index in [0.717, 1.165) is 23.4 Å². The van der Waals surface area contributed by atoms with E-state index in [1.165, 1.54) is 16.4 Å². The quantitative estimate of drug-likeness (QED) is 0.439. The minimum Gasteiger partial charge on any atom is -0.304 e. The molecule has 1 aliphatic heterocycles. The smallest absolute Gasteiger partial charge is 0.284 e. The number of benzene rings is 2. The molecule has 1 N–H and O–H groups in total. The van der Waals surface area contributed by atoms with Crippen molar-refractivity contribution in [3.8, 4) is 11.4 Å². The predicted molar refractivity (Wildman–Crippen MR) is 115 cm³/mol. The molecule has 0 aliphatic carbocycles. The summed E-state index contributed by atoms with van der Waals surface area (Å²) in [6.45, 7) is 1.93. The molecule has 0 amide bonds. The predicted octanol–water partition coefficient (Wildman–Crippen LogP) is 2.47. The van der Waals surface area contributed by atoms with Crippen LogP contribution in [0.4, 0.5) is 5.69 Å². The van der Waals surface area contributed by atoms with Gasteiger partial charge < -0.3 is 4.90 Å². The van der Waals surface area contributed by atoms with Crippen molar-refractivity contribution in [2.24, 2.45) is 0 Å². The van der Waals surface area contributed by atoms with Crippen molar-refractivity contribution in [1.29, 1.82) is 0 Å². The first kappa shape index (κ1) is 21.4. The van der Waals surface area contributed by atoms with Gasteiger partial charge in [0.1, 0.15) is 0 Å². The number of hydrogen-bond donors (Lipinski definition) is 1. The van der Waals surface area contributed by atoms with Crippen molar-refractivity contribution in [1.82, 2.24) is 24.4 Å². The lowest BCUT2D eigenvalue weighted by Crippen LogP contribution is -2.47. The number of nitrogens with one attached hydrogen (secondary N) is 1. The summed E-state index contributed by atoms with van der Waals surface area (Å²) >= 11 is 1.00. The number of rotatable bonds is 6. The molecule has 0 spiro atoms. The van der Waals surface area contributed by atoms with E-state index in [2.05, 4.69) is 15.2 Å². The molecule has 1 aromatic heterocycles. The molecule has 0 atom stereocenters. The summed E-state index contributed by atoms with van der Waals surface area (Å²) < 4.78 is 27.3. The number of likely N-dealkylation sites (N-methyl/N-ethyl adjacent to an activating group) is 1. The number of nitro benzene ring substituents is 1. The fourth-order valence-corrected chi connectivity index (χ4v) is 5.42. The summed E-state index contributed by atoms with van der Waals surface area (Å²) in [5, 5.41) is 18.9. The van der Waals surface area contributed by atoms with E-state index in [1.54, 1.807) is 0 Å². The molecular formula is C19H20N6O4S2.